The third-order valence-electron chi connectivity index (χ3n) is 5.12. The second-order valence-electron chi connectivity index (χ2n) is 7.61. The molecule has 0 aliphatic rings. The molecule has 0 saturated heterocycles. The van der Waals surface area contributed by atoms with Gasteiger partial charge in [0.2, 0.25) is 5.91 Å². The van der Waals surface area contributed by atoms with E-state index in [2.05, 4.69) is 15.8 Å². The lowest BCUT2D eigenvalue weighted by Crippen LogP contribution is -2.42. The van der Waals surface area contributed by atoms with Crippen LogP contribution in [0, 0.1) is 13.8 Å². The van der Waals surface area contributed by atoms with Crippen molar-refractivity contribution in [2.75, 3.05) is 5.75 Å². The highest BCUT2D eigenvalue weighted by Gasteiger charge is 2.17. The van der Waals surface area contributed by atoms with Crippen molar-refractivity contribution in [2.24, 2.45) is 0 Å². The maximum absolute atomic E-state index is 13.4. The van der Waals surface area contributed by atoms with Crippen LogP contribution >= 0.6 is 23.4 Å². The highest BCUT2D eigenvalue weighted by Crippen LogP contribution is 2.24. The second kappa shape index (κ2) is 10.1. The third kappa shape index (κ3) is 4.98. The summed E-state index contributed by atoms with van der Waals surface area (Å²) in [4.78, 5) is 42.8. The Kier molecular flexibility index (Phi) is 7.00. The number of halogens is 1. The number of aromatic nitrogens is 2. The maximum atomic E-state index is 13.4. The molecule has 7 nitrogen and oxygen atoms in total. The van der Waals surface area contributed by atoms with Crippen LogP contribution in [0.2, 0.25) is 5.02 Å². The zero-order chi connectivity index (χ0) is 24.2. The van der Waals surface area contributed by atoms with Crippen LogP contribution in [-0.4, -0.2) is 27.1 Å². The van der Waals surface area contributed by atoms with Crippen LogP contribution in [0.1, 0.15) is 21.5 Å². The van der Waals surface area contributed by atoms with Crippen LogP contribution in [0.25, 0.3) is 16.6 Å². The highest BCUT2D eigenvalue weighted by molar-refractivity contribution is 7.99. The summed E-state index contributed by atoms with van der Waals surface area (Å²) in [5, 5.41) is 1.15. The molecule has 0 spiro atoms. The van der Waals surface area contributed by atoms with Gasteiger partial charge in [0.1, 0.15) is 0 Å². The number of hydrogen-bond donors (Lipinski definition) is 2. The molecular weight excluding hydrogens is 472 g/mol. The van der Waals surface area contributed by atoms with Crippen molar-refractivity contribution >= 4 is 46.1 Å². The van der Waals surface area contributed by atoms with Gasteiger partial charge >= 0.3 is 0 Å². The van der Waals surface area contributed by atoms with E-state index in [0.717, 1.165) is 22.9 Å². The van der Waals surface area contributed by atoms with Gasteiger partial charge in [-0.15, -0.1) is 0 Å². The van der Waals surface area contributed by atoms with E-state index in [4.69, 9.17) is 11.6 Å². The van der Waals surface area contributed by atoms with Gasteiger partial charge in [-0.2, -0.15) is 0 Å². The van der Waals surface area contributed by atoms with Crippen LogP contribution in [0.3, 0.4) is 0 Å². The molecule has 0 radical (unpaired) electrons. The predicted octanol–water partition coefficient (Wildman–Crippen LogP) is 4.21. The molecule has 34 heavy (non-hydrogen) atoms. The molecule has 0 bridgehead atoms. The van der Waals surface area contributed by atoms with Crippen molar-refractivity contribution in [2.45, 2.75) is 19.0 Å². The van der Waals surface area contributed by atoms with E-state index in [1.807, 2.05) is 38.1 Å². The van der Waals surface area contributed by atoms with Crippen LogP contribution in [0.15, 0.2) is 76.7 Å². The largest absolute Gasteiger partial charge is 0.272 e. The van der Waals surface area contributed by atoms with E-state index in [9.17, 15) is 14.4 Å². The molecule has 4 aromatic rings. The molecule has 2 N–H and O–H groups in total. The van der Waals surface area contributed by atoms with Gasteiger partial charge in [0, 0.05) is 0 Å². The molecule has 0 unspecified atom stereocenters. The number of para-hydroxylation sites is 1. The lowest BCUT2D eigenvalue weighted by atomic mass is 10.1. The number of carbonyl (C=O) groups excluding carboxylic acids is 2. The summed E-state index contributed by atoms with van der Waals surface area (Å²) >= 11 is 7.13. The Bertz CT molecular complexity index is 1470. The summed E-state index contributed by atoms with van der Waals surface area (Å²) in [7, 11) is 0. The molecule has 9 heteroatoms. The number of aryl methyl sites for hydroxylation is 2. The predicted molar refractivity (Wildman–Crippen MR) is 135 cm³/mol. The number of thioether (sulfide) groups is 1. The molecule has 0 fully saturated rings. The second-order valence-corrected chi connectivity index (χ2v) is 8.96. The Balaban J connectivity index is 1.58. The summed E-state index contributed by atoms with van der Waals surface area (Å²) in [6.07, 6.45) is 0. The van der Waals surface area contributed by atoms with Gasteiger partial charge in [0.05, 0.1) is 32.9 Å². The minimum absolute atomic E-state index is 0.0710. The van der Waals surface area contributed by atoms with E-state index in [1.54, 1.807) is 42.5 Å². The average Bonchev–Trinajstić information content (AvgIpc) is 2.83. The Morgan fingerprint density at radius 1 is 1.00 bits per heavy atom. The minimum Gasteiger partial charge on any atom is -0.272 e. The molecule has 4 rings (SSSR count). The van der Waals surface area contributed by atoms with Gasteiger partial charge in [-0.3, -0.25) is 29.8 Å². The fraction of sp³-hybridized carbons (Fsp3) is 0.120. The van der Waals surface area contributed by atoms with Crippen LogP contribution in [-0.2, 0) is 4.79 Å². The van der Waals surface area contributed by atoms with Gasteiger partial charge in [-0.1, -0.05) is 59.8 Å². The minimum atomic E-state index is -0.528. The first-order valence-electron chi connectivity index (χ1n) is 10.4. The number of hydrogen-bond acceptors (Lipinski definition) is 5. The number of hydrazine groups is 1. The number of benzene rings is 3. The molecule has 0 aliphatic heterocycles. The Morgan fingerprint density at radius 3 is 2.53 bits per heavy atom. The van der Waals surface area contributed by atoms with Crippen molar-refractivity contribution in [3.05, 3.63) is 98.8 Å². The standard InChI is InChI=1S/C25H21ClN4O3S/c1-15-11-12-16(2)21(13-15)30-24(33)18-8-4-6-10-20(18)27-25(30)34-14-22(31)28-29-23(32)17-7-3-5-9-19(17)26/h3-13H,14H2,1-2H3,(H,28,31)(H,29,32). The van der Waals surface area contributed by atoms with Crippen molar-refractivity contribution in [3.8, 4) is 5.69 Å². The van der Waals surface area contributed by atoms with E-state index in [0.29, 0.717) is 21.7 Å². The molecule has 1 aromatic heterocycles. The summed E-state index contributed by atoms with van der Waals surface area (Å²) in [6.45, 7) is 3.87. The van der Waals surface area contributed by atoms with Crippen LogP contribution < -0.4 is 16.4 Å². The molecule has 0 aliphatic carbocycles. The highest BCUT2D eigenvalue weighted by atomic mass is 35.5. The monoisotopic (exact) mass is 492 g/mol. The molecule has 0 atom stereocenters. The summed E-state index contributed by atoms with van der Waals surface area (Å²) < 4.78 is 1.53. The Labute approximate surface area is 205 Å². The van der Waals surface area contributed by atoms with E-state index < -0.39 is 11.8 Å². The third-order valence-corrected chi connectivity index (χ3v) is 6.38. The number of nitrogens with zero attached hydrogens (tertiary/aromatic N) is 2. The summed E-state index contributed by atoms with van der Waals surface area (Å²) in [5.41, 5.74) is 7.92. The quantitative estimate of drug-likeness (QED) is 0.247. The van der Waals surface area contributed by atoms with Crippen molar-refractivity contribution in [1.29, 1.82) is 0 Å². The number of amides is 2. The van der Waals surface area contributed by atoms with Gasteiger partial charge in [-0.05, 0) is 55.3 Å². The molecule has 3 aromatic carbocycles. The first-order chi connectivity index (χ1) is 16.3. The van der Waals surface area contributed by atoms with E-state index >= 15 is 0 Å². The number of nitrogens with one attached hydrogen (secondary N) is 2. The van der Waals surface area contributed by atoms with Gasteiger partial charge in [0.15, 0.2) is 5.16 Å². The zero-order valence-corrected chi connectivity index (χ0v) is 20.0. The first-order valence-corrected chi connectivity index (χ1v) is 11.8. The van der Waals surface area contributed by atoms with Crippen molar-refractivity contribution in [3.63, 3.8) is 0 Å². The fourth-order valence-electron chi connectivity index (χ4n) is 3.39. The SMILES string of the molecule is Cc1ccc(C)c(-n2c(SCC(=O)NNC(=O)c3ccccc3Cl)nc3ccccc3c2=O)c1. The average molecular weight is 493 g/mol. The normalized spacial score (nSPS) is 10.8. The Morgan fingerprint density at radius 2 is 1.74 bits per heavy atom. The maximum Gasteiger partial charge on any atom is 0.271 e. The smallest absolute Gasteiger partial charge is 0.271 e. The molecular formula is C25H21ClN4O3S. The number of rotatable bonds is 5. The van der Waals surface area contributed by atoms with E-state index in [-0.39, 0.29) is 21.9 Å². The molecule has 0 saturated carbocycles. The van der Waals surface area contributed by atoms with Crippen LogP contribution in [0.5, 0.6) is 0 Å². The van der Waals surface area contributed by atoms with Crippen LogP contribution in [0.4, 0.5) is 0 Å². The molecule has 2 amide bonds. The number of fused-ring (bicyclic) bond motifs is 1. The lowest BCUT2D eigenvalue weighted by Gasteiger charge is -2.16. The summed E-state index contributed by atoms with van der Waals surface area (Å²) in [5.74, 6) is -1.06. The van der Waals surface area contributed by atoms with Gasteiger partial charge < -0.3 is 0 Å². The Hall–Kier alpha value is -3.62. The molecule has 1 heterocycles. The number of carbonyl (C=O) groups is 2. The van der Waals surface area contributed by atoms with Crippen molar-refractivity contribution < 1.29 is 9.59 Å². The van der Waals surface area contributed by atoms with Gasteiger partial charge in [0.25, 0.3) is 11.5 Å². The molecule has 172 valence electrons. The lowest BCUT2D eigenvalue weighted by molar-refractivity contribution is -0.119. The van der Waals surface area contributed by atoms with Crippen molar-refractivity contribution in [1.82, 2.24) is 20.4 Å². The summed E-state index contributed by atoms with van der Waals surface area (Å²) in [6, 6.07) is 19.5. The fourth-order valence-corrected chi connectivity index (χ4v) is 4.41. The van der Waals surface area contributed by atoms with E-state index in [1.165, 1.54) is 4.57 Å². The first kappa shape index (κ1) is 23.5. The van der Waals surface area contributed by atoms with Gasteiger partial charge in [-0.25, -0.2) is 4.98 Å². The topological polar surface area (TPSA) is 93.1 Å². The zero-order valence-electron chi connectivity index (χ0n) is 18.5.